The second kappa shape index (κ2) is 5.86. The minimum Gasteiger partial charge on any atom is -0.303 e. The second-order valence-corrected chi connectivity index (χ2v) is 7.29. The van der Waals surface area contributed by atoms with E-state index >= 15 is 0 Å². The van der Waals surface area contributed by atoms with Gasteiger partial charge in [-0.1, -0.05) is 48.5 Å². The summed E-state index contributed by atoms with van der Waals surface area (Å²) in [6, 6.07) is 18.9. The minimum atomic E-state index is 0.374. The molecule has 2 aliphatic rings. The lowest BCUT2D eigenvalue weighted by atomic mass is 9.82. The molecule has 21 heavy (non-hydrogen) atoms. The molecule has 0 unspecified atom stereocenters. The molecule has 2 aromatic carbocycles. The lowest BCUT2D eigenvalue weighted by Crippen LogP contribution is -2.38. The van der Waals surface area contributed by atoms with Gasteiger partial charge in [0.2, 0.25) is 0 Å². The van der Waals surface area contributed by atoms with Gasteiger partial charge >= 0.3 is 0 Å². The molecule has 0 aromatic heterocycles. The van der Waals surface area contributed by atoms with E-state index < -0.39 is 0 Å². The standard InChI is InChI=1S/C19H21NS/c1-3-7-17-14(5-1)13-15-6-2-4-8-18(15)19(17)20-16-9-11-21-12-10-16/h1-8,16,19-20H,9-13H2. The summed E-state index contributed by atoms with van der Waals surface area (Å²) in [5.74, 6) is 2.60. The number of benzene rings is 2. The molecule has 0 spiro atoms. The largest absolute Gasteiger partial charge is 0.303 e. The molecule has 0 saturated carbocycles. The highest BCUT2D eigenvalue weighted by molar-refractivity contribution is 7.99. The lowest BCUT2D eigenvalue weighted by Gasteiger charge is -2.34. The van der Waals surface area contributed by atoms with Crippen LogP contribution in [0.25, 0.3) is 0 Å². The maximum atomic E-state index is 3.96. The van der Waals surface area contributed by atoms with Crippen molar-refractivity contribution in [3.8, 4) is 0 Å². The van der Waals surface area contributed by atoms with Crippen LogP contribution in [0.1, 0.15) is 41.1 Å². The zero-order chi connectivity index (χ0) is 14.1. The molecular formula is C19H21NS. The summed E-state index contributed by atoms with van der Waals surface area (Å²) in [5.41, 5.74) is 5.93. The van der Waals surface area contributed by atoms with Crippen LogP contribution in [0.4, 0.5) is 0 Å². The minimum absolute atomic E-state index is 0.374. The van der Waals surface area contributed by atoms with Crippen molar-refractivity contribution in [2.45, 2.75) is 31.3 Å². The van der Waals surface area contributed by atoms with Gasteiger partial charge < -0.3 is 5.32 Å². The average molecular weight is 295 g/mol. The fourth-order valence-electron chi connectivity index (χ4n) is 3.61. The van der Waals surface area contributed by atoms with Gasteiger partial charge in [0.15, 0.2) is 0 Å². The van der Waals surface area contributed by atoms with Crippen molar-refractivity contribution in [1.82, 2.24) is 5.32 Å². The number of hydrogen-bond donors (Lipinski definition) is 1. The van der Waals surface area contributed by atoms with E-state index in [9.17, 15) is 0 Å². The van der Waals surface area contributed by atoms with Crippen LogP contribution in [-0.4, -0.2) is 17.5 Å². The van der Waals surface area contributed by atoms with Gasteiger partial charge in [0.05, 0.1) is 6.04 Å². The Morgan fingerprint density at radius 3 is 2.00 bits per heavy atom. The SMILES string of the molecule is c1ccc2c(c1)Cc1ccccc1C2NC1CCSCC1. The molecule has 1 aliphatic heterocycles. The van der Waals surface area contributed by atoms with Crippen molar-refractivity contribution in [2.75, 3.05) is 11.5 Å². The molecule has 0 bridgehead atoms. The molecule has 1 N–H and O–H groups in total. The molecular weight excluding hydrogens is 274 g/mol. The Morgan fingerprint density at radius 2 is 1.38 bits per heavy atom. The smallest absolute Gasteiger partial charge is 0.0584 e. The highest BCUT2D eigenvalue weighted by Crippen LogP contribution is 2.35. The topological polar surface area (TPSA) is 12.0 Å². The van der Waals surface area contributed by atoms with Crippen molar-refractivity contribution in [1.29, 1.82) is 0 Å². The van der Waals surface area contributed by atoms with Gasteiger partial charge in [0, 0.05) is 6.04 Å². The van der Waals surface area contributed by atoms with E-state index in [4.69, 9.17) is 0 Å². The quantitative estimate of drug-likeness (QED) is 0.892. The Balaban J connectivity index is 1.70. The molecule has 2 heteroatoms. The third kappa shape index (κ3) is 2.63. The van der Waals surface area contributed by atoms with Gasteiger partial charge in [0.25, 0.3) is 0 Å². The third-order valence-electron chi connectivity index (χ3n) is 4.74. The molecule has 2 aromatic rings. The average Bonchev–Trinajstić information content (AvgIpc) is 2.55. The first kappa shape index (κ1) is 13.4. The lowest BCUT2D eigenvalue weighted by molar-refractivity contribution is 0.440. The molecule has 1 fully saturated rings. The van der Waals surface area contributed by atoms with Crippen LogP contribution in [0.5, 0.6) is 0 Å². The van der Waals surface area contributed by atoms with Gasteiger partial charge in [0.1, 0.15) is 0 Å². The van der Waals surface area contributed by atoms with E-state index in [1.807, 2.05) is 0 Å². The van der Waals surface area contributed by atoms with Crippen LogP contribution in [0.3, 0.4) is 0 Å². The number of thioether (sulfide) groups is 1. The predicted octanol–water partition coefficient (Wildman–Crippen LogP) is 4.17. The van der Waals surface area contributed by atoms with Gasteiger partial charge in [-0.3, -0.25) is 0 Å². The van der Waals surface area contributed by atoms with Crippen molar-refractivity contribution in [2.24, 2.45) is 0 Å². The molecule has 0 amide bonds. The maximum Gasteiger partial charge on any atom is 0.0584 e. The van der Waals surface area contributed by atoms with E-state index in [0.717, 1.165) is 6.42 Å². The van der Waals surface area contributed by atoms with Crippen molar-refractivity contribution in [3.05, 3.63) is 70.8 Å². The Hall–Kier alpha value is -1.25. The van der Waals surface area contributed by atoms with E-state index in [1.165, 1.54) is 46.6 Å². The highest BCUT2D eigenvalue weighted by Gasteiger charge is 2.27. The molecule has 0 radical (unpaired) electrons. The van der Waals surface area contributed by atoms with Gasteiger partial charge in [-0.2, -0.15) is 11.8 Å². The number of rotatable bonds is 2. The molecule has 0 atom stereocenters. The monoisotopic (exact) mass is 295 g/mol. The van der Waals surface area contributed by atoms with Gasteiger partial charge in [-0.05, 0) is 53.0 Å². The first-order valence-corrected chi connectivity index (χ1v) is 9.07. The zero-order valence-corrected chi connectivity index (χ0v) is 13.0. The Labute approximate surface area is 131 Å². The molecule has 1 aliphatic carbocycles. The van der Waals surface area contributed by atoms with Crippen LogP contribution in [0.2, 0.25) is 0 Å². The van der Waals surface area contributed by atoms with Crippen LogP contribution in [0.15, 0.2) is 48.5 Å². The van der Waals surface area contributed by atoms with E-state index in [1.54, 1.807) is 0 Å². The number of hydrogen-bond acceptors (Lipinski definition) is 2. The Bertz CT molecular complexity index is 585. The normalized spacial score (nSPS) is 19.0. The van der Waals surface area contributed by atoms with Crippen LogP contribution >= 0.6 is 11.8 Å². The van der Waals surface area contributed by atoms with E-state index in [0.29, 0.717) is 12.1 Å². The van der Waals surface area contributed by atoms with Gasteiger partial charge in [-0.25, -0.2) is 0 Å². The van der Waals surface area contributed by atoms with Crippen LogP contribution in [-0.2, 0) is 6.42 Å². The molecule has 4 rings (SSSR count). The zero-order valence-electron chi connectivity index (χ0n) is 12.2. The summed E-state index contributed by atoms with van der Waals surface area (Å²) in [4.78, 5) is 0. The number of fused-ring (bicyclic) bond motifs is 2. The van der Waals surface area contributed by atoms with Crippen LogP contribution in [0, 0.1) is 0 Å². The van der Waals surface area contributed by atoms with Crippen molar-refractivity contribution in [3.63, 3.8) is 0 Å². The van der Waals surface area contributed by atoms with E-state index in [2.05, 4.69) is 65.6 Å². The van der Waals surface area contributed by atoms with E-state index in [-0.39, 0.29) is 0 Å². The molecule has 1 nitrogen and oxygen atoms in total. The fourth-order valence-corrected chi connectivity index (χ4v) is 4.71. The first-order valence-electron chi connectivity index (χ1n) is 7.91. The summed E-state index contributed by atoms with van der Waals surface area (Å²) in [7, 11) is 0. The Kier molecular flexibility index (Phi) is 3.74. The summed E-state index contributed by atoms with van der Waals surface area (Å²) in [6.07, 6.45) is 3.67. The van der Waals surface area contributed by atoms with Crippen molar-refractivity contribution >= 4 is 11.8 Å². The summed E-state index contributed by atoms with van der Waals surface area (Å²) in [5, 5.41) is 3.96. The molecule has 1 saturated heterocycles. The first-order chi connectivity index (χ1) is 10.4. The van der Waals surface area contributed by atoms with Gasteiger partial charge in [-0.15, -0.1) is 0 Å². The Morgan fingerprint density at radius 1 is 0.810 bits per heavy atom. The number of nitrogens with one attached hydrogen (secondary N) is 1. The second-order valence-electron chi connectivity index (χ2n) is 6.06. The fraction of sp³-hybridized carbons (Fsp3) is 0.368. The van der Waals surface area contributed by atoms with Crippen LogP contribution < -0.4 is 5.32 Å². The third-order valence-corrected chi connectivity index (χ3v) is 5.79. The highest BCUT2D eigenvalue weighted by atomic mass is 32.2. The predicted molar refractivity (Wildman–Crippen MR) is 91.0 cm³/mol. The summed E-state index contributed by atoms with van der Waals surface area (Å²) < 4.78 is 0. The maximum absolute atomic E-state index is 3.96. The summed E-state index contributed by atoms with van der Waals surface area (Å²) >= 11 is 2.09. The molecule has 108 valence electrons. The summed E-state index contributed by atoms with van der Waals surface area (Å²) in [6.45, 7) is 0. The van der Waals surface area contributed by atoms with Crippen molar-refractivity contribution < 1.29 is 0 Å². The molecule has 1 heterocycles.